The number of ether oxygens (including phenoxy) is 2. The van der Waals surface area contributed by atoms with Crippen LogP contribution in [0.3, 0.4) is 0 Å². The third-order valence-electron chi connectivity index (χ3n) is 7.38. The van der Waals surface area contributed by atoms with Gasteiger partial charge in [-0.1, -0.05) is 0 Å². The van der Waals surface area contributed by atoms with Gasteiger partial charge >= 0.3 is 5.97 Å². The topological polar surface area (TPSA) is 59.1 Å². The molecule has 0 aromatic carbocycles. The van der Waals surface area contributed by atoms with Gasteiger partial charge in [0.05, 0.1) is 32.2 Å². The molecule has 6 heteroatoms. The third kappa shape index (κ3) is 4.16. The lowest BCUT2D eigenvalue weighted by atomic mass is 9.49. The molecule has 152 valence electrons. The number of morpholine rings is 1. The quantitative estimate of drug-likeness (QED) is 0.634. The van der Waals surface area contributed by atoms with Crippen LogP contribution in [0, 0.1) is 23.2 Å². The van der Waals surface area contributed by atoms with Gasteiger partial charge in [0.1, 0.15) is 0 Å². The molecule has 0 unspecified atom stereocenters. The number of hydrogen-bond donors (Lipinski definition) is 0. The number of esters is 1. The van der Waals surface area contributed by atoms with Crippen LogP contribution in [-0.4, -0.2) is 74.7 Å². The van der Waals surface area contributed by atoms with E-state index in [1.807, 2.05) is 4.90 Å². The molecule has 0 radical (unpaired) electrons. The molecule has 1 heterocycles. The van der Waals surface area contributed by atoms with Crippen molar-refractivity contribution in [2.45, 2.75) is 44.9 Å². The number of amides is 1. The van der Waals surface area contributed by atoms with Gasteiger partial charge in [0.2, 0.25) is 5.91 Å². The number of carbonyl (C=O) groups is 2. The molecule has 0 N–H and O–H groups in total. The van der Waals surface area contributed by atoms with E-state index in [1.165, 1.54) is 26.4 Å². The minimum atomic E-state index is -0.232. The van der Waals surface area contributed by atoms with Crippen molar-refractivity contribution in [1.29, 1.82) is 0 Å². The first-order chi connectivity index (χ1) is 13.1. The highest BCUT2D eigenvalue weighted by molar-refractivity contribution is 5.84. The van der Waals surface area contributed by atoms with Crippen LogP contribution in [0.1, 0.15) is 44.9 Å². The van der Waals surface area contributed by atoms with Crippen LogP contribution < -0.4 is 0 Å². The summed E-state index contributed by atoms with van der Waals surface area (Å²) in [5.74, 6) is 2.34. The predicted octanol–water partition coefficient (Wildman–Crippen LogP) is 1.93. The Kier molecular flexibility index (Phi) is 5.74. The van der Waals surface area contributed by atoms with Gasteiger partial charge in [0.15, 0.2) is 0 Å². The number of methoxy groups -OCH3 is 1. The van der Waals surface area contributed by atoms with Crippen LogP contribution in [0.2, 0.25) is 0 Å². The van der Waals surface area contributed by atoms with Crippen LogP contribution in [0.25, 0.3) is 0 Å². The minimum Gasteiger partial charge on any atom is -0.469 e. The van der Waals surface area contributed by atoms with Gasteiger partial charge < -0.3 is 14.4 Å². The Hall–Kier alpha value is -1.14. The van der Waals surface area contributed by atoms with Gasteiger partial charge in [-0.15, -0.1) is 0 Å². The van der Waals surface area contributed by atoms with Gasteiger partial charge in [-0.05, 0) is 56.3 Å². The Labute approximate surface area is 162 Å². The lowest BCUT2D eigenvalue weighted by Gasteiger charge is -2.56. The van der Waals surface area contributed by atoms with E-state index in [9.17, 15) is 9.59 Å². The largest absolute Gasteiger partial charge is 0.469 e. The van der Waals surface area contributed by atoms with Crippen molar-refractivity contribution in [3.05, 3.63) is 0 Å². The first kappa shape index (κ1) is 19.2. The number of rotatable bonds is 7. The highest BCUT2D eigenvalue weighted by atomic mass is 16.5. The SMILES string of the molecule is COC(=O)CCN(CCN1CCOCC1)C(=O)C12CC3CC(CC(C3)C1)C2. The zero-order valence-electron chi connectivity index (χ0n) is 16.7. The molecule has 5 fully saturated rings. The fourth-order valence-corrected chi connectivity index (χ4v) is 6.44. The normalized spacial score (nSPS) is 35.2. The summed E-state index contributed by atoms with van der Waals surface area (Å²) in [5, 5.41) is 0. The molecule has 1 amide bonds. The van der Waals surface area contributed by atoms with Gasteiger partial charge in [0.25, 0.3) is 0 Å². The van der Waals surface area contributed by atoms with Crippen molar-refractivity contribution in [2.24, 2.45) is 23.2 Å². The maximum atomic E-state index is 13.7. The van der Waals surface area contributed by atoms with Gasteiger partial charge in [0, 0.05) is 32.7 Å². The molecule has 5 aliphatic rings. The average Bonchev–Trinajstić information content (AvgIpc) is 2.67. The van der Waals surface area contributed by atoms with Gasteiger partial charge in [-0.25, -0.2) is 0 Å². The first-order valence-electron chi connectivity index (χ1n) is 10.7. The summed E-state index contributed by atoms with van der Waals surface area (Å²) in [4.78, 5) is 29.8. The molecule has 4 bridgehead atoms. The van der Waals surface area contributed by atoms with Gasteiger partial charge in [-0.2, -0.15) is 0 Å². The molecule has 0 aromatic heterocycles. The Balaban J connectivity index is 1.43. The third-order valence-corrected chi connectivity index (χ3v) is 7.38. The van der Waals surface area contributed by atoms with E-state index in [0.29, 0.717) is 19.0 Å². The first-order valence-corrected chi connectivity index (χ1v) is 10.7. The molecule has 4 aliphatic carbocycles. The summed E-state index contributed by atoms with van der Waals surface area (Å²) in [6.45, 7) is 5.45. The molecule has 6 nitrogen and oxygen atoms in total. The molecule has 1 aliphatic heterocycles. The average molecular weight is 379 g/mol. The van der Waals surface area contributed by atoms with Crippen LogP contribution in [-0.2, 0) is 19.1 Å². The summed E-state index contributed by atoms with van der Waals surface area (Å²) in [7, 11) is 1.42. The second kappa shape index (κ2) is 8.08. The van der Waals surface area contributed by atoms with E-state index in [0.717, 1.165) is 69.9 Å². The molecule has 1 saturated heterocycles. The highest BCUT2D eigenvalue weighted by Gasteiger charge is 2.55. The number of carbonyl (C=O) groups excluding carboxylic acids is 2. The zero-order chi connectivity index (χ0) is 18.9. The fraction of sp³-hybridized carbons (Fsp3) is 0.905. The maximum Gasteiger partial charge on any atom is 0.307 e. The van der Waals surface area contributed by atoms with E-state index >= 15 is 0 Å². The summed E-state index contributed by atoms with van der Waals surface area (Å²) >= 11 is 0. The van der Waals surface area contributed by atoms with Crippen molar-refractivity contribution < 1.29 is 19.1 Å². The van der Waals surface area contributed by atoms with Crippen LogP contribution >= 0.6 is 0 Å². The molecule has 4 saturated carbocycles. The smallest absolute Gasteiger partial charge is 0.307 e. The minimum absolute atomic E-state index is 0.143. The number of nitrogens with zero attached hydrogens (tertiary/aromatic N) is 2. The van der Waals surface area contributed by atoms with Crippen LogP contribution in [0.5, 0.6) is 0 Å². The van der Waals surface area contributed by atoms with Crippen molar-refractivity contribution in [3.8, 4) is 0 Å². The summed E-state index contributed by atoms with van der Waals surface area (Å²) < 4.78 is 10.2. The second-order valence-electron chi connectivity index (χ2n) is 9.27. The highest BCUT2D eigenvalue weighted by Crippen LogP contribution is 2.60. The van der Waals surface area contributed by atoms with Crippen molar-refractivity contribution >= 4 is 11.9 Å². The summed E-state index contributed by atoms with van der Waals surface area (Å²) in [5.41, 5.74) is -0.143. The van der Waals surface area contributed by atoms with Crippen molar-refractivity contribution in [3.63, 3.8) is 0 Å². The standard InChI is InChI=1S/C21H34N2O4/c1-26-19(24)2-3-23(5-4-22-6-8-27-9-7-22)20(25)21-13-16-10-17(14-21)12-18(11-16)15-21/h16-18H,2-15H2,1H3. The molecule has 5 rings (SSSR count). The molecule has 0 spiro atoms. The van der Waals surface area contributed by atoms with E-state index in [-0.39, 0.29) is 17.8 Å². The van der Waals surface area contributed by atoms with E-state index < -0.39 is 0 Å². The lowest BCUT2D eigenvalue weighted by molar-refractivity contribution is -0.158. The van der Waals surface area contributed by atoms with Crippen molar-refractivity contribution in [2.75, 3.05) is 53.0 Å². The second-order valence-corrected chi connectivity index (χ2v) is 9.27. The van der Waals surface area contributed by atoms with Crippen molar-refractivity contribution in [1.82, 2.24) is 9.80 Å². The lowest BCUT2D eigenvalue weighted by Crippen LogP contribution is -2.56. The summed E-state index contributed by atoms with van der Waals surface area (Å²) in [6, 6.07) is 0. The Bertz CT molecular complexity index is 523. The van der Waals surface area contributed by atoms with E-state index in [2.05, 4.69) is 4.90 Å². The molecule has 0 aromatic rings. The summed E-state index contributed by atoms with van der Waals surface area (Å²) in [6.07, 6.45) is 7.52. The Morgan fingerprint density at radius 2 is 1.63 bits per heavy atom. The Morgan fingerprint density at radius 3 is 2.19 bits per heavy atom. The maximum absolute atomic E-state index is 13.7. The molecule has 0 atom stereocenters. The zero-order valence-corrected chi connectivity index (χ0v) is 16.7. The fourth-order valence-electron chi connectivity index (χ4n) is 6.44. The molecular weight excluding hydrogens is 344 g/mol. The van der Waals surface area contributed by atoms with Crippen LogP contribution in [0.15, 0.2) is 0 Å². The van der Waals surface area contributed by atoms with Crippen LogP contribution in [0.4, 0.5) is 0 Å². The van der Waals surface area contributed by atoms with Gasteiger partial charge in [-0.3, -0.25) is 14.5 Å². The molecular formula is C21H34N2O4. The predicted molar refractivity (Wildman–Crippen MR) is 101 cm³/mol. The molecule has 27 heavy (non-hydrogen) atoms. The number of hydrogen-bond acceptors (Lipinski definition) is 5. The Morgan fingerprint density at radius 1 is 1.04 bits per heavy atom. The van der Waals surface area contributed by atoms with E-state index in [1.54, 1.807) is 0 Å². The van der Waals surface area contributed by atoms with E-state index in [4.69, 9.17) is 9.47 Å². The monoisotopic (exact) mass is 378 g/mol.